The molecular weight excluding hydrogens is 324 g/mol. The van der Waals surface area contributed by atoms with E-state index in [0.717, 1.165) is 11.3 Å². The molecule has 0 fully saturated rings. The number of aromatic nitrogens is 1. The minimum absolute atomic E-state index is 0.150. The first-order valence-corrected chi connectivity index (χ1v) is 7.96. The number of rotatable bonds is 4. The first kappa shape index (κ1) is 15.9. The average Bonchev–Trinajstić information content (AvgIpc) is 3.03. The molecule has 0 bridgehead atoms. The number of hydrogen-bond acceptors (Lipinski definition) is 6. The van der Waals surface area contributed by atoms with Crippen LogP contribution in [0, 0.1) is 0 Å². The van der Waals surface area contributed by atoms with Crippen molar-refractivity contribution in [2.75, 3.05) is 12.8 Å². The third kappa shape index (κ3) is 3.04. The maximum absolute atomic E-state index is 12.8. The van der Waals surface area contributed by atoms with Gasteiger partial charge in [-0.3, -0.25) is 4.79 Å². The van der Waals surface area contributed by atoms with Gasteiger partial charge in [-0.05, 0) is 12.1 Å². The SMILES string of the molecule is COC(=O)c1cccc(-c2nc(N)sc2C(=O)c2ccccc2)c1. The molecule has 3 rings (SSSR count). The molecule has 120 valence electrons. The Morgan fingerprint density at radius 3 is 2.46 bits per heavy atom. The van der Waals surface area contributed by atoms with E-state index >= 15 is 0 Å². The van der Waals surface area contributed by atoms with Crippen molar-refractivity contribution < 1.29 is 14.3 Å². The van der Waals surface area contributed by atoms with Gasteiger partial charge in [0.15, 0.2) is 5.13 Å². The fraction of sp³-hybridized carbons (Fsp3) is 0.0556. The highest BCUT2D eigenvalue weighted by Gasteiger charge is 2.20. The number of ether oxygens (including phenoxy) is 1. The number of methoxy groups -OCH3 is 1. The molecule has 24 heavy (non-hydrogen) atoms. The molecule has 2 N–H and O–H groups in total. The van der Waals surface area contributed by atoms with E-state index in [-0.39, 0.29) is 5.78 Å². The van der Waals surface area contributed by atoms with Crippen LogP contribution in [-0.4, -0.2) is 23.8 Å². The van der Waals surface area contributed by atoms with E-state index in [0.29, 0.717) is 32.4 Å². The van der Waals surface area contributed by atoms with E-state index in [9.17, 15) is 9.59 Å². The minimum atomic E-state index is -0.448. The van der Waals surface area contributed by atoms with E-state index in [1.807, 2.05) is 6.07 Å². The Hall–Kier alpha value is -2.99. The fourth-order valence-corrected chi connectivity index (χ4v) is 3.13. The summed E-state index contributed by atoms with van der Waals surface area (Å²) in [6, 6.07) is 15.7. The van der Waals surface area contributed by atoms with Gasteiger partial charge in [0.25, 0.3) is 0 Å². The molecular formula is C18H14N2O3S. The molecule has 2 aromatic carbocycles. The zero-order chi connectivity index (χ0) is 17.1. The van der Waals surface area contributed by atoms with Crippen molar-refractivity contribution in [2.45, 2.75) is 0 Å². The monoisotopic (exact) mass is 338 g/mol. The molecule has 1 heterocycles. The predicted molar refractivity (Wildman–Crippen MR) is 93.2 cm³/mol. The van der Waals surface area contributed by atoms with Crippen LogP contribution in [0.2, 0.25) is 0 Å². The van der Waals surface area contributed by atoms with Crippen molar-refractivity contribution in [1.82, 2.24) is 4.98 Å². The van der Waals surface area contributed by atoms with Gasteiger partial charge < -0.3 is 10.5 Å². The third-order valence-electron chi connectivity index (χ3n) is 3.44. The third-order valence-corrected chi connectivity index (χ3v) is 4.33. The average molecular weight is 338 g/mol. The number of nitrogens with zero attached hydrogens (tertiary/aromatic N) is 1. The van der Waals surface area contributed by atoms with E-state index in [1.165, 1.54) is 7.11 Å². The molecule has 5 nitrogen and oxygen atoms in total. The Morgan fingerprint density at radius 1 is 1.04 bits per heavy atom. The lowest BCUT2D eigenvalue weighted by Gasteiger charge is -2.04. The fourth-order valence-electron chi connectivity index (χ4n) is 2.32. The maximum atomic E-state index is 12.8. The lowest BCUT2D eigenvalue weighted by molar-refractivity contribution is 0.0600. The number of nitrogens with two attached hydrogens (primary N) is 1. The van der Waals surface area contributed by atoms with Crippen molar-refractivity contribution in [3.05, 3.63) is 70.6 Å². The summed E-state index contributed by atoms with van der Waals surface area (Å²) in [5.74, 6) is -0.598. The van der Waals surface area contributed by atoms with Gasteiger partial charge in [0, 0.05) is 11.1 Å². The van der Waals surface area contributed by atoms with Crippen molar-refractivity contribution in [2.24, 2.45) is 0 Å². The largest absolute Gasteiger partial charge is 0.465 e. The summed E-state index contributed by atoms with van der Waals surface area (Å²) in [6.45, 7) is 0. The number of nitrogen functional groups attached to an aromatic ring is 1. The molecule has 3 aromatic rings. The molecule has 0 aliphatic carbocycles. The van der Waals surface area contributed by atoms with Crippen LogP contribution in [0.15, 0.2) is 54.6 Å². The highest BCUT2D eigenvalue weighted by molar-refractivity contribution is 7.18. The molecule has 0 radical (unpaired) electrons. The quantitative estimate of drug-likeness (QED) is 0.582. The predicted octanol–water partition coefficient (Wildman–Crippen LogP) is 3.41. The van der Waals surface area contributed by atoms with Gasteiger partial charge in [0.1, 0.15) is 4.88 Å². The van der Waals surface area contributed by atoms with Gasteiger partial charge in [-0.25, -0.2) is 9.78 Å². The van der Waals surface area contributed by atoms with E-state index < -0.39 is 5.97 Å². The molecule has 0 saturated heterocycles. The number of carbonyl (C=O) groups excluding carboxylic acids is 2. The van der Waals surface area contributed by atoms with Gasteiger partial charge in [0.05, 0.1) is 18.4 Å². The molecule has 1 aromatic heterocycles. The molecule has 6 heteroatoms. The van der Waals surface area contributed by atoms with E-state index in [2.05, 4.69) is 4.98 Å². The van der Waals surface area contributed by atoms with Crippen LogP contribution < -0.4 is 5.73 Å². The standard InChI is InChI=1S/C18H14N2O3S/c1-23-17(22)13-9-5-8-12(10-13)14-16(24-18(19)20-14)15(21)11-6-3-2-4-7-11/h2-10H,1H3,(H2,19,20). The number of carbonyl (C=O) groups is 2. The van der Waals surface area contributed by atoms with Gasteiger partial charge in [0.2, 0.25) is 5.78 Å². The highest BCUT2D eigenvalue weighted by Crippen LogP contribution is 2.32. The van der Waals surface area contributed by atoms with Crippen LogP contribution in [0.25, 0.3) is 11.3 Å². The summed E-state index contributed by atoms with van der Waals surface area (Å²) >= 11 is 1.13. The molecule has 0 amide bonds. The number of benzene rings is 2. The second-order valence-electron chi connectivity index (χ2n) is 5.00. The zero-order valence-corrected chi connectivity index (χ0v) is 13.7. The number of esters is 1. The summed E-state index contributed by atoms with van der Waals surface area (Å²) < 4.78 is 4.73. The van der Waals surface area contributed by atoms with E-state index in [1.54, 1.807) is 48.5 Å². The summed E-state index contributed by atoms with van der Waals surface area (Å²) in [5, 5.41) is 0.299. The second kappa shape index (κ2) is 6.64. The summed E-state index contributed by atoms with van der Waals surface area (Å²) in [5.41, 5.74) is 7.88. The Labute approximate surface area is 142 Å². The lowest BCUT2D eigenvalue weighted by atomic mass is 10.0. The second-order valence-corrected chi connectivity index (χ2v) is 6.03. The smallest absolute Gasteiger partial charge is 0.337 e. The van der Waals surface area contributed by atoms with Crippen LogP contribution in [0.3, 0.4) is 0 Å². The van der Waals surface area contributed by atoms with Crippen molar-refractivity contribution in [3.8, 4) is 11.3 Å². The van der Waals surface area contributed by atoms with Crippen LogP contribution in [0.4, 0.5) is 5.13 Å². The van der Waals surface area contributed by atoms with Gasteiger partial charge in [-0.2, -0.15) is 0 Å². The minimum Gasteiger partial charge on any atom is -0.465 e. The number of anilines is 1. The first-order valence-electron chi connectivity index (χ1n) is 7.15. The highest BCUT2D eigenvalue weighted by atomic mass is 32.1. The molecule has 0 aliphatic rings. The van der Waals surface area contributed by atoms with Gasteiger partial charge >= 0.3 is 5.97 Å². The van der Waals surface area contributed by atoms with Crippen LogP contribution >= 0.6 is 11.3 Å². The Bertz CT molecular complexity index is 904. The summed E-state index contributed by atoms with van der Waals surface area (Å²) in [6.07, 6.45) is 0. The van der Waals surface area contributed by atoms with Gasteiger partial charge in [-0.1, -0.05) is 53.8 Å². The number of ketones is 1. The van der Waals surface area contributed by atoms with Crippen LogP contribution in [0.5, 0.6) is 0 Å². The topological polar surface area (TPSA) is 82.3 Å². The number of hydrogen-bond donors (Lipinski definition) is 1. The van der Waals surface area contributed by atoms with Crippen molar-refractivity contribution in [3.63, 3.8) is 0 Å². The zero-order valence-electron chi connectivity index (χ0n) is 12.9. The van der Waals surface area contributed by atoms with Crippen LogP contribution in [-0.2, 0) is 4.74 Å². The molecule has 0 aliphatic heterocycles. The Morgan fingerprint density at radius 2 is 1.75 bits per heavy atom. The maximum Gasteiger partial charge on any atom is 0.337 e. The van der Waals surface area contributed by atoms with Crippen molar-refractivity contribution >= 4 is 28.2 Å². The summed E-state index contributed by atoms with van der Waals surface area (Å²) in [7, 11) is 1.32. The van der Waals surface area contributed by atoms with Gasteiger partial charge in [-0.15, -0.1) is 0 Å². The first-order chi connectivity index (χ1) is 11.6. The summed E-state index contributed by atoms with van der Waals surface area (Å²) in [4.78, 5) is 29.2. The molecule has 0 spiro atoms. The Balaban J connectivity index is 2.07. The van der Waals surface area contributed by atoms with E-state index in [4.69, 9.17) is 10.5 Å². The Kier molecular flexibility index (Phi) is 4.39. The number of thiazole rings is 1. The normalized spacial score (nSPS) is 10.4. The molecule has 0 unspecified atom stereocenters. The van der Waals surface area contributed by atoms with Crippen molar-refractivity contribution in [1.29, 1.82) is 0 Å². The van der Waals surface area contributed by atoms with Crippen LogP contribution in [0.1, 0.15) is 25.6 Å². The molecule has 0 saturated carbocycles. The molecule has 0 atom stereocenters. The lowest BCUT2D eigenvalue weighted by Crippen LogP contribution is -2.03.